The third-order valence-electron chi connectivity index (χ3n) is 3.03. The smallest absolute Gasteiger partial charge is 0.0398 e. The number of rotatable bonds is 2. The van der Waals surface area contributed by atoms with Crippen LogP contribution in [0.1, 0.15) is 32.1 Å². The lowest BCUT2D eigenvalue weighted by Gasteiger charge is -2.17. The average molecular weight is 212 g/mol. The highest BCUT2D eigenvalue weighted by molar-refractivity contribution is 8.22. The van der Waals surface area contributed by atoms with Crippen molar-refractivity contribution >= 4 is 23.5 Å². The van der Waals surface area contributed by atoms with Gasteiger partial charge in [-0.15, -0.1) is 23.5 Å². The van der Waals surface area contributed by atoms with Crippen LogP contribution in [0.5, 0.6) is 0 Å². The molecule has 1 aliphatic heterocycles. The largest absolute Gasteiger partial charge is 0.119 e. The van der Waals surface area contributed by atoms with E-state index in [1.165, 1.54) is 43.6 Å². The minimum absolute atomic E-state index is 1.03. The zero-order valence-corrected chi connectivity index (χ0v) is 9.55. The molecule has 0 aromatic rings. The molecule has 1 heterocycles. The SMILES string of the molecule is C1CSC(=C(C2CC2)C2CC2)SC1. The van der Waals surface area contributed by atoms with Crippen molar-refractivity contribution in [3.8, 4) is 0 Å². The van der Waals surface area contributed by atoms with Crippen molar-refractivity contribution in [3.05, 3.63) is 9.81 Å². The topological polar surface area (TPSA) is 0 Å². The zero-order chi connectivity index (χ0) is 8.67. The lowest BCUT2D eigenvalue weighted by Crippen LogP contribution is -1.98. The molecule has 0 atom stereocenters. The second kappa shape index (κ2) is 3.54. The molecule has 3 rings (SSSR count). The Kier molecular flexibility index (Phi) is 2.38. The molecular formula is C11H16S2. The highest BCUT2D eigenvalue weighted by Gasteiger charge is 2.38. The van der Waals surface area contributed by atoms with Gasteiger partial charge in [-0.3, -0.25) is 0 Å². The van der Waals surface area contributed by atoms with Crippen LogP contribution in [-0.2, 0) is 0 Å². The third kappa shape index (κ3) is 1.94. The molecule has 0 N–H and O–H groups in total. The summed E-state index contributed by atoms with van der Waals surface area (Å²) >= 11 is 4.30. The lowest BCUT2D eigenvalue weighted by atomic mass is 10.1. The van der Waals surface area contributed by atoms with Gasteiger partial charge >= 0.3 is 0 Å². The van der Waals surface area contributed by atoms with Crippen LogP contribution in [-0.4, -0.2) is 11.5 Å². The number of hydrogen-bond acceptors (Lipinski definition) is 2. The molecule has 0 aromatic carbocycles. The van der Waals surface area contributed by atoms with E-state index in [4.69, 9.17) is 0 Å². The van der Waals surface area contributed by atoms with Crippen LogP contribution in [0.3, 0.4) is 0 Å². The van der Waals surface area contributed by atoms with Crippen LogP contribution < -0.4 is 0 Å². The predicted octanol–water partition coefficient (Wildman–Crippen LogP) is 3.89. The van der Waals surface area contributed by atoms with E-state index in [2.05, 4.69) is 23.5 Å². The third-order valence-corrected chi connectivity index (χ3v) is 5.71. The van der Waals surface area contributed by atoms with E-state index in [0.717, 1.165) is 11.8 Å². The summed E-state index contributed by atoms with van der Waals surface area (Å²) < 4.78 is 1.75. The first-order valence-corrected chi connectivity index (χ1v) is 7.42. The van der Waals surface area contributed by atoms with Gasteiger partial charge in [-0.1, -0.05) is 0 Å². The fraction of sp³-hybridized carbons (Fsp3) is 0.818. The maximum Gasteiger partial charge on any atom is 0.0398 e. The Morgan fingerprint density at radius 1 is 0.923 bits per heavy atom. The van der Waals surface area contributed by atoms with Gasteiger partial charge in [-0.2, -0.15) is 0 Å². The van der Waals surface area contributed by atoms with Crippen molar-refractivity contribution in [2.75, 3.05) is 11.5 Å². The van der Waals surface area contributed by atoms with Gasteiger partial charge < -0.3 is 0 Å². The fourth-order valence-corrected chi connectivity index (χ4v) is 5.02. The van der Waals surface area contributed by atoms with E-state index >= 15 is 0 Å². The maximum atomic E-state index is 2.15. The molecule has 0 unspecified atom stereocenters. The summed E-state index contributed by atoms with van der Waals surface area (Å²) in [6.07, 6.45) is 7.40. The molecule has 3 fully saturated rings. The lowest BCUT2D eigenvalue weighted by molar-refractivity contribution is 0.857. The normalized spacial score (nSPS) is 29.1. The number of thioether (sulfide) groups is 2. The maximum absolute atomic E-state index is 2.15. The van der Waals surface area contributed by atoms with E-state index in [1.807, 2.05) is 5.57 Å². The molecule has 0 radical (unpaired) electrons. The highest BCUT2D eigenvalue weighted by atomic mass is 32.2. The van der Waals surface area contributed by atoms with Gasteiger partial charge in [-0.25, -0.2) is 0 Å². The molecule has 2 aliphatic carbocycles. The van der Waals surface area contributed by atoms with Crippen molar-refractivity contribution in [1.82, 2.24) is 0 Å². The minimum atomic E-state index is 1.03. The second-order valence-electron chi connectivity index (χ2n) is 4.34. The summed E-state index contributed by atoms with van der Waals surface area (Å²) in [6.45, 7) is 0. The van der Waals surface area contributed by atoms with Gasteiger partial charge in [0.2, 0.25) is 0 Å². The summed E-state index contributed by atoms with van der Waals surface area (Å²) in [7, 11) is 0. The molecule has 0 nitrogen and oxygen atoms in total. The first-order valence-electron chi connectivity index (χ1n) is 5.45. The molecule has 2 saturated carbocycles. The summed E-state index contributed by atoms with van der Waals surface area (Å²) in [5.41, 5.74) is 1.90. The number of hydrogen-bond donors (Lipinski definition) is 0. The molecule has 3 aliphatic rings. The molecule has 0 spiro atoms. The fourth-order valence-electron chi connectivity index (χ4n) is 2.05. The Morgan fingerprint density at radius 3 is 1.92 bits per heavy atom. The zero-order valence-electron chi connectivity index (χ0n) is 7.92. The molecule has 0 amide bonds. The van der Waals surface area contributed by atoms with Gasteiger partial charge in [-0.05, 0) is 61.0 Å². The van der Waals surface area contributed by atoms with Crippen molar-refractivity contribution in [2.45, 2.75) is 32.1 Å². The monoisotopic (exact) mass is 212 g/mol. The molecule has 13 heavy (non-hydrogen) atoms. The first-order chi connectivity index (χ1) is 6.45. The van der Waals surface area contributed by atoms with E-state index in [0.29, 0.717) is 0 Å². The molecule has 0 bridgehead atoms. The molecule has 72 valence electrons. The standard InChI is InChI=1S/C11H16S2/c1-6-12-11(13-7-1)10(8-2-3-8)9-4-5-9/h8-9H,1-7H2. The van der Waals surface area contributed by atoms with Crippen LogP contribution in [0.4, 0.5) is 0 Å². The van der Waals surface area contributed by atoms with Crippen molar-refractivity contribution in [2.24, 2.45) is 11.8 Å². The Bertz CT molecular complexity index is 214. The second-order valence-corrected chi connectivity index (χ2v) is 6.81. The summed E-state index contributed by atoms with van der Waals surface area (Å²) in [5.74, 6) is 4.82. The van der Waals surface area contributed by atoms with Gasteiger partial charge in [0, 0.05) is 4.24 Å². The Morgan fingerprint density at radius 2 is 1.46 bits per heavy atom. The van der Waals surface area contributed by atoms with E-state index in [-0.39, 0.29) is 0 Å². The Hall–Kier alpha value is 0.440. The molecular weight excluding hydrogens is 196 g/mol. The first kappa shape index (κ1) is 8.72. The van der Waals surface area contributed by atoms with Crippen LogP contribution in [0, 0.1) is 11.8 Å². The summed E-state index contributed by atoms with van der Waals surface area (Å²) in [4.78, 5) is 0. The predicted molar refractivity (Wildman–Crippen MR) is 62.0 cm³/mol. The van der Waals surface area contributed by atoms with Crippen LogP contribution >= 0.6 is 23.5 Å². The van der Waals surface area contributed by atoms with Crippen LogP contribution in [0.25, 0.3) is 0 Å². The Balaban J connectivity index is 1.81. The van der Waals surface area contributed by atoms with Gasteiger partial charge in [0.25, 0.3) is 0 Å². The number of allylic oxidation sites excluding steroid dienone is 1. The van der Waals surface area contributed by atoms with Crippen LogP contribution in [0.15, 0.2) is 9.81 Å². The highest BCUT2D eigenvalue weighted by Crippen LogP contribution is 2.54. The summed E-state index contributed by atoms with van der Waals surface area (Å²) in [5, 5.41) is 0. The van der Waals surface area contributed by atoms with E-state index in [9.17, 15) is 0 Å². The molecule has 0 aromatic heterocycles. The van der Waals surface area contributed by atoms with Gasteiger partial charge in [0.05, 0.1) is 0 Å². The van der Waals surface area contributed by atoms with Gasteiger partial charge in [0.1, 0.15) is 0 Å². The van der Waals surface area contributed by atoms with Crippen LogP contribution in [0.2, 0.25) is 0 Å². The molecule has 1 saturated heterocycles. The van der Waals surface area contributed by atoms with Crippen molar-refractivity contribution in [1.29, 1.82) is 0 Å². The van der Waals surface area contributed by atoms with E-state index < -0.39 is 0 Å². The summed E-state index contributed by atoms with van der Waals surface area (Å²) in [6, 6.07) is 0. The quantitative estimate of drug-likeness (QED) is 0.681. The Labute approximate surface area is 88.9 Å². The minimum Gasteiger partial charge on any atom is -0.119 e. The van der Waals surface area contributed by atoms with Crippen molar-refractivity contribution in [3.63, 3.8) is 0 Å². The van der Waals surface area contributed by atoms with Crippen molar-refractivity contribution < 1.29 is 0 Å². The average Bonchev–Trinajstić information content (AvgIpc) is 3.00. The van der Waals surface area contributed by atoms with Gasteiger partial charge in [0.15, 0.2) is 0 Å². The molecule has 2 heteroatoms. The van der Waals surface area contributed by atoms with E-state index in [1.54, 1.807) is 4.24 Å².